The van der Waals surface area contributed by atoms with Gasteiger partial charge in [0.2, 0.25) is 5.91 Å². The fourth-order valence-electron chi connectivity index (χ4n) is 1.84. The van der Waals surface area contributed by atoms with Gasteiger partial charge in [0, 0.05) is 20.2 Å². The highest BCUT2D eigenvalue weighted by Crippen LogP contribution is 2.04. The standard InChI is InChI=1S/C14H22N2O3/c1-19-10-8-16(7-9-17)14(18)13(15)11-12-5-3-2-4-6-12/h2-6,13,17H,7-11,15H2,1H3. The molecule has 0 saturated carbocycles. The van der Waals surface area contributed by atoms with Crippen molar-refractivity contribution in [1.29, 1.82) is 0 Å². The van der Waals surface area contributed by atoms with Gasteiger partial charge in [0.05, 0.1) is 19.3 Å². The fourth-order valence-corrected chi connectivity index (χ4v) is 1.84. The fraction of sp³-hybridized carbons (Fsp3) is 0.500. The van der Waals surface area contributed by atoms with Crippen LogP contribution in [0.2, 0.25) is 0 Å². The second kappa shape index (κ2) is 8.63. The van der Waals surface area contributed by atoms with Crippen molar-refractivity contribution in [3.63, 3.8) is 0 Å². The maximum absolute atomic E-state index is 12.2. The first-order valence-corrected chi connectivity index (χ1v) is 6.37. The molecule has 0 radical (unpaired) electrons. The van der Waals surface area contributed by atoms with Crippen LogP contribution in [0.1, 0.15) is 5.56 Å². The van der Waals surface area contributed by atoms with Gasteiger partial charge in [-0.2, -0.15) is 0 Å². The summed E-state index contributed by atoms with van der Waals surface area (Å²) in [4.78, 5) is 13.7. The number of methoxy groups -OCH3 is 1. The van der Waals surface area contributed by atoms with E-state index in [0.717, 1.165) is 5.56 Å². The van der Waals surface area contributed by atoms with Crippen molar-refractivity contribution < 1.29 is 14.6 Å². The lowest BCUT2D eigenvalue weighted by Crippen LogP contribution is -2.47. The number of aliphatic hydroxyl groups excluding tert-OH is 1. The van der Waals surface area contributed by atoms with E-state index in [9.17, 15) is 4.79 Å². The van der Waals surface area contributed by atoms with Crippen LogP contribution < -0.4 is 5.73 Å². The molecule has 5 nitrogen and oxygen atoms in total. The van der Waals surface area contributed by atoms with Crippen LogP contribution in [0.25, 0.3) is 0 Å². The van der Waals surface area contributed by atoms with Crippen LogP contribution in [-0.4, -0.2) is 55.4 Å². The summed E-state index contributed by atoms with van der Waals surface area (Å²) in [5.41, 5.74) is 6.97. The highest BCUT2D eigenvalue weighted by molar-refractivity contribution is 5.82. The van der Waals surface area contributed by atoms with Gasteiger partial charge in [-0.15, -0.1) is 0 Å². The van der Waals surface area contributed by atoms with Gasteiger partial charge in [0.25, 0.3) is 0 Å². The molecule has 1 aromatic rings. The third kappa shape index (κ3) is 5.38. The molecule has 0 bridgehead atoms. The summed E-state index contributed by atoms with van der Waals surface area (Å²) in [5, 5.41) is 8.98. The van der Waals surface area contributed by atoms with E-state index in [-0.39, 0.29) is 19.1 Å². The summed E-state index contributed by atoms with van der Waals surface area (Å²) in [6, 6.07) is 9.06. The summed E-state index contributed by atoms with van der Waals surface area (Å²) in [5.74, 6) is -0.157. The van der Waals surface area contributed by atoms with Crippen molar-refractivity contribution in [2.24, 2.45) is 5.73 Å². The van der Waals surface area contributed by atoms with Crippen LogP contribution in [0.3, 0.4) is 0 Å². The Balaban J connectivity index is 2.57. The molecule has 0 aromatic heterocycles. The van der Waals surface area contributed by atoms with E-state index >= 15 is 0 Å². The van der Waals surface area contributed by atoms with Crippen LogP contribution in [0.5, 0.6) is 0 Å². The molecule has 0 aliphatic carbocycles. The number of nitrogens with two attached hydrogens (primary N) is 1. The van der Waals surface area contributed by atoms with E-state index < -0.39 is 6.04 Å². The summed E-state index contributed by atoms with van der Waals surface area (Å²) in [6.45, 7) is 1.08. The Bertz CT molecular complexity index is 370. The number of carbonyl (C=O) groups excluding carboxylic acids is 1. The minimum atomic E-state index is -0.592. The third-order valence-corrected chi connectivity index (χ3v) is 2.86. The Labute approximate surface area is 114 Å². The van der Waals surface area contributed by atoms with Crippen LogP contribution >= 0.6 is 0 Å². The van der Waals surface area contributed by atoms with Gasteiger partial charge in [0.1, 0.15) is 0 Å². The second-order valence-electron chi connectivity index (χ2n) is 4.34. The number of carbonyl (C=O) groups is 1. The number of rotatable bonds is 8. The molecule has 106 valence electrons. The highest BCUT2D eigenvalue weighted by atomic mass is 16.5. The van der Waals surface area contributed by atoms with Gasteiger partial charge < -0.3 is 20.5 Å². The maximum atomic E-state index is 12.2. The highest BCUT2D eigenvalue weighted by Gasteiger charge is 2.20. The Hall–Kier alpha value is -1.43. The minimum Gasteiger partial charge on any atom is -0.395 e. The molecule has 1 unspecified atom stereocenters. The average molecular weight is 266 g/mol. The van der Waals surface area contributed by atoms with Gasteiger partial charge in [-0.25, -0.2) is 0 Å². The van der Waals surface area contributed by atoms with Crippen LogP contribution in [0, 0.1) is 0 Å². The summed E-state index contributed by atoms with van der Waals surface area (Å²) >= 11 is 0. The number of benzene rings is 1. The molecule has 1 amide bonds. The number of hydrogen-bond acceptors (Lipinski definition) is 4. The van der Waals surface area contributed by atoms with Crippen molar-refractivity contribution in [1.82, 2.24) is 4.90 Å². The van der Waals surface area contributed by atoms with E-state index in [2.05, 4.69) is 0 Å². The molecule has 5 heteroatoms. The van der Waals surface area contributed by atoms with Gasteiger partial charge >= 0.3 is 0 Å². The molecule has 19 heavy (non-hydrogen) atoms. The van der Waals surface area contributed by atoms with Crippen molar-refractivity contribution in [3.05, 3.63) is 35.9 Å². The third-order valence-electron chi connectivity index (χ3n) is 2.86. The molecule has 0 fully saturated rings. The van der Waals surface area contributed by atoms with E-state index in [0.29, 0.717) is 19.6 Å². The number of ether oxygens (including phenoxy) is 1. The smallest absolute Gasteiger partial charge is 0.239 e. The first-order valence-electron chi connectivity index (χ1n) is 6.37. The number of hydrogen-bond donors (Lipinski definition) is 2. The lowest BCUT2D eigenvalue weighted by atomic mass is 10.1. The van der Waals surface area contributed by atoms with Gasteiger partial charge in [-0.05, 0) is 12.0 Å². The first-order chi connectivity index (χ1) is 9.19. The second-order valence-corrected chi connectivity index (χ2v) is 4.34. The molecular weight excluding hydrogens is 244 g/mol. The van der Waals surface area contributed by atoms with Crippen molar-refractivity contribution in [2.75, 3.05) is 33.4 Å². The summed E-state index contributed by atoms with van der Waals surface area (Å²) in [6.07, 6.45) is 0.495. The van der Waals surface area contributed by atoms with Crippen molar-refractivity contribution in [2.45, 2.75) is 12.5 Å². The van der Waals surface area contributed by atoms with Crippen LogP contribution in [0.4, 0.5) is 0 Å². The van der Waals surface area contributed by atoms with Gasteiger partial charge in [-0.1, -0.05) is 30.3 Å². The Kier molecular flexibility index (Phi) is 7.10. The molecule has 0 heterocycles. The van der Waals surface area contributed by atoms with Crippen molar-refractivity contribution >= 4 is 5.91 Å². The van der Waals surface area contributed by atoms with E-state index in [1.165, 1.54) is 4.90 Å². The normalized spacial score (nSPS) is 12.2. The number of nitrogens with zero attached hydrogens (tertiary/aromatic N) is 1. The first kappa shape index (κ1) is 15.6. The zero-order valence-corrected chi connectivity index (χ0v) is 11.3. The maximum Gasteiger partial charge on any atom is 0.239 e. The number of amides is 1. The van der Waals surface area contributed by atoms with Gasteiger partial charge in [0.15, 0.2) is 0 Å². The molecule has 1 atom stereocenters. The Morgan fingerprint density at radius 3 is 2.63 bits per heavy atom. The average Bonchev–Trinajstić information content (AvgIpc) is 2.43. The van der Waals surface area contributed by atoms with E-state index in [4.69, 9.17) is 15.6 Å². The summed E-state index contributed by atoms with van der Waals surface area (Å²) in [7, 11) is 1.57. The predicted octanol–water partition coefficient (Wildman–Crippen LogP) is 0.0237. The quantitative estimate of drug-likeness (QED) is 0.696. The molecule has 3 N–H and O–H groups in total. The molecule has 0 spiro atoms. The van der Waals surface area contributed by atoms with E-state index in [1.807, 2.05) is 30.3 Å². The molecule has 0 aliphatic heterocycles. The largest absolute Gasteiger partial charge is 0.395 e. The van der Waals surface area contributed by atoms with E-state index in [1.54, 1.807) is 7.11 Å². The van der Waals surface area contributed by atoms with Crippen LogP contribution in [0.15, 0.2) is 30.3 Å². The predicted molar refractivity (Wildman–Crippen MR) is 73.7 cm³/mol. The lowest BCUT2D eigenvalue weighted by Gasteiger charge is -2.24. The molecule has 0 saturated heterocycles. The molecule has 1 rings (SSSR count). The zero-order valence-electron chi connectivity index (χ0n) is 11.3. The summed E-state index contributed by atoms with van der Waals surface area (Å²) < 4.78 is 4.95. The van der Waals surface area contributed by atoms with Crippen LogP contribution in [-0.2, 0) is 16.0 Å². The monoisotopic (exact) mass is 266 g/mol. The molecular formula is C14H22N2O3. The number of aliphatic hydroxyl groups is 1. The van der Waals surface area contributed by atoms with Gasteiger partial charge in [-0.3, -0.25) is 4.79 Å². The topological polar surface area (TPSA) is 75.8 Å². The molecule has 1 aromatic carbocycles. The lowest BCUT2D eigenvalue weighted by molar-refractivity contribution is -0.133. The zero-order chi connectivity index (χ0) is 14.1. The van der Waals surface area contributed by atoms with Crippen molar-refractivity contribution in [3.8, 4) is 0 Å². The minimum absolute atomic E-state index is 0.0759. The SMILES string of the molecule is COCCN(CCO)C(=O)C(N)Cc1ccccc1. The Morgan fingerprint density at radius 2 is 2.05 bits per heavy atom. The Morgan fingerprint density at radius 1 is 1.37 bits per heavy atom. The molecule has 0 aliphatic rings.